The van der Waals surface area contributed by atoms with Crippen LogP contribution < -0.4 is 5.32 Å². The zero-order chi connectivity index (χ0) is 24.6. The number of carbonyl (C=O) groups excluding carboxylic acids is 2. The Kier molecular flexibility index (Phi) is 9.23. The van der Waals surface area contributed by atoms with Crippen molar-refractivity contribution in [1.82, 2.24) is 15.1 Å². The number of rotatable bonds is 8. The molecule has 9 nitrogen and oxygen atoms in total. The number of benzene rings is 1. The number of amides is 1. The van der Waals surface area contributed by atoms with Crippen molar-refractivity contribution in [1.29, 1.82) is 0 Å². The van der Waals surface area contributed by atoms with Crippen LogP contribution in [0.4, 0.5) is 0 Å². The second-order valence-electron chi connectivity index (χ2n) is 8.09. The van der Waals surface area contributed by atoms with E-state index in [1.807, 2.05) is 6.92 Å². The molecule has 2 heterocycles. The van der Waals surface area contributed by atoms with Crippen molar-refractivity contribution >= 4 is 21.7 Å². The molecule has 1 amide bonds. The minimum atomic E-state index is -3.40. The lowest BCUT2D eigenvalue weighted by Gasteiger charge is -2.08. The Hall–Kier alpha value is -2.72. The van der Waals surface area contributed by atoms with E-state index in [2.05, 4.69) is 10.4 Å². The minimum absolute atomic E-state index is 0.0373. The standard InChI is InChI=1S/C24H33N3O6S/c1-3-27-22-20(11-6-14-32-15-8-13-25-23(22)28)21(26-27)12-7-16-33-24(29)18-9-5-10-19(17-18)34(30,31)4-2/h5,9-10,17H,3-4,6-8,11-16H2,1-2H3,(H,25,28). The highest BCUT2D eigenvalue weighted by atomic mass is 32.2. The van der Waals surface area contributed by atoms with Gasteiger partial charge in [0.15, 0.2) is 9.84 Å². The van der Waals surface area contributed by atoms with Crippen LogP contribution >= 0.6 is 0 Å². The molecule has 10 heteroatoms. The van der Waals surface area contributed by atoms with E-state index in [1.165, 1.54) is 24.3 Å². The lowest BCUT2D eigenvalue weighted by molar-refractivity contribution is 0.0500. The summed E-state index contributed by atoms with van der Waals surface area (Å²) in [7, 11) is -3.40. The number of aryl methyl sites for hydroxylation is 2. The number of carbonyl (C=O) groups is 2. The van der Waals surface area contributed by atoms with Gasteiger partial charge >= 0.3 is 5.97 Å². The molecular weight excluding hydrogens is 458 g/mol. The summed E-state index contributed by atoms with van der Waals surface area (Å²) in [6, 6.07) is 5.90. The summed E-state index contributed by atoms with van der Waals surface area (Å²) in [5, 5.41) is 7.61. The third-order valence-corrected chi connectivity index (χ3v) is 7.45. The van der Waals surface area contributed by atoms with Gasteiger partial charge in [0.05, 0.1) is 28.5 Å². The van der Waals surface area contributed by atoms with Gasteiger partial charge in [0.25, 0.3) is 5.91 Å². The van der Waals surface area contributed by atoms with Crippen LogP contribution in [0.2, 0.25) is 0 Å². The largest absolute Gasteiger partial charge is 0.462 e. The molecule has 1 aliphatic rings. The zero-order valence-electron chi connectivity index (χ0n) is 19.8. The van der Waals surface area contributed by atoms with Gasteiger partial charge in [-0.15, -0.1) is 0 Å². The molecule has 2 aromatic rings. The fraction of sp³-hybridized carbons (Fsp3) is 0.542. The first-order valence-electron chi connectivity index (χ1n) is 11.8. The monoisotopic (exact) mass is 491 g/mol. The maximum Gasteiger partial charge on any atom is 0.338 e. The highest BCUT2D eigenvalue weighted by molar-refractivity contribution is 7.91. The van der Waals surface area contributed by atoms with Crippen molar-refractivity contribution in [2.24, 2.45) is 0 Å². The van der Waals surface area contributed by atoms with Crippen molar-refractivity contribution in [2.75, 3.05) is 32.1 Å². The van der Waals surface area contributed by atoms with E-state index in [0.29, 0.717) is 51.3 Å². The van der Waals surface area contributed by atoms with E-state index in [9.17, 15) is 18.0 Å². The van der Waals surface area contributed by atoms with Crippen molar-refractivity contribution in [3.63, 3.8) is 0 Å². The molecule has 0 saturated heterocycles. The molecule has 0 bridgehead atoms. The average Bonchev–Trinajstić information content (AvgIpc) is 3.18. The molecule has 1 aromatic carbocycles. The molecule has 0 saturated carbocycles. The predicted octanol–water partition coefficient (Wildman–Crippen LogP) is 2.57. The summed E-state index contributed by atoms with van der Waals surface area (Å²) in [5.41, 5.74) is 2.56. The molecule has 0 spiro atoms. The van der Waals surface area contributed by atoms with Crippen molar-refractivity contribution in [2.45, 2.75) is 57.4 Å². The van der Waals surface area contributed by atoms with Gasteiger partial charge in [-0.2, -0.15) is 5.10 Å². The van der Waals surface area contributed by atoms with Gasteiger partial charge in [-0.1, -0.05) is 13.0 Å². The fourth-order valence-corrected chi connectivity index (χ4v) is 4.80. The quantitative estimate of drug-likeness (QED) is 0.446. The van der Waals surface area contributed by atoms with E-state index in [1.54, 1.807) is 11.6 Å². The smallest absolute Gasteiger partial charge is 0.338 e. The molecule has 1 aromatic heterocycles. The van der Waals surface area contributed by atoms with Crippen LogP contribution in [0.15, 0.2) is 29.2 Å². The van der Waals surface area contributed by atoms with E-state index in [-0.39, 0.29) is 28.7 Å². The normalized spacial score (nSPS) is 15.2. The van der Waals surface area contributed by atoms with E-state index in [0.717, 1.165) is 24.1 Å². The van der Waals surface area contributed by atoms with Gasteiger partial charge in [-0.05, 0) is 57.2 Å². The van der Waals surface area contributed by atoms with E-state index < -0.39 is 15.8 Å². The lowest BCUT2D eigenvalue weighted by Crippen LogP contribution is -2.28. The Morgan fingerprint density at radius 3 is 2.79 bits per heavy atom. The maximum absolute atomic E-state index is 12.8. The van der Waals surface area contributed by atoms with Gasteiger partial charge in [0.2, 0.25) is 0 Å². The predicted molar refractivity (Wildman–Crippen MR) is 127 cm³/mol. The third-order valence-electron chi connectivity index (χ3n) is 5.71. The summed E-state index contributed by atoms with van der Waals surface area (Å²) in [5.74, 6) is -0.724. The molecular formula is C24H33N3O6S. The Balaban J connectivity index is 1.65. The molecule has 0 unspecified atom stereocenters. The van der Waals surface area contributed by atoms with Crippen molar-refractivity contribution < 1.29 is 27.5 Å². The highest BCUT2D eigenvalue weighted by Gasteiger charge is 2.23. The van der Waals surface area contributed by atoms with Crippen LogP contribution in [0.25, 0.3) is 0 Å². The Labute approximate surface area is 200 Å². The molecule has 0 radical (unpaired) electrons. The summed E-state index contributed by atoms with van der Waals surface area (Å²) in [6.45, 7) is 6.07. The number of esters is 1. The fourth-order valence-electron chi connectivity index (χ4n) is 3.88. The number of ether oxygens (including phenoxy) is 2. The number of fused-ring (bicyclic) bond motifs is 1. The molecule has 0 atom stereocenters. The number of hydrogen-bond acceptors (Lipinski definition) is 7. The molecule has 186 valence electrons. The number of sulfone groups is 1. The number of nitrogens with zero attached hydrogens (tertiary/aromatic N) is 2. The number of aromatic nitrogens is 2. The lowest BCUT2D eigenvalue weighted by atomic mass is 10.0. The first-order chi connectivity index (χ1) is 16.4. The zero-order valence-corrected chi connectivity index (χ0v) is 20.7. The third kappa shape index (κ3) is 6.44. The Morgan fingerprint density at radius 1 is 1.24 bits per heavy atom. The molecule has 1 aliphatic heterocycles. The molecule has 3 rings (SSSR count). The van der Waals surface area contributed by atoms with Gasteiger partial charge in [0.1, 0.15) is 5.69 Å². The minimum Gasteiger partial charge on any atom is -0.462 e. The maximum atomic E-state index is 12.8. The number of nitrogens with one attached hydrogen (secondary N) is 1. The summed E-state index contributed by atoms with van der Waals surface area (Å²) in [4.78, 5) is 25.3. The van der Waals surface area contributed by atoms with Crippen LogP contribution in [-0.4, -0.2) is 62.2 Å². The summed E-state index contributed by atoms with van der Waals surface area (Å²) in [6.07, 6.45) is 3.35. The van der Waals surface area contributed by atoms with E-state index >= 15 is 0 Å². The SMILES string of the molecule is CCn1nc(CCCOC(=O)c2cccc(S(=O)(=O)CC)c2)c2c1C(=O)NCCCOCCC2. The van der Waals surface area contributed by atoms with Crippen LogP contribution in [0, 0.1) is 0 Å². The van der Waals surface area contributed by atoms with Gasteiger partial charge in [-0.3, -0.25) is 9.48 Å². The van der Waals surface area contributed by atoms with Crippen molar-refractivity contribution in [3.8, 4) is 0 Å². The van der Waals surface area contributed by atoms with Crippen molar-refractivity contribution in [3.05, 3.63) is 46.8 Å². The first kappa shape index (κ1) is 25.9. The second-order valence-corrected chi connectivity index (χ2v) is 10.4. The molecule has 0 aliphatic carbocycles. The van der Waals surface area contributed by atoms with E-state index in [4.69, 9.17) is 9.47 Å². The molecule has 1 N–H and O–H groups in total. The van der Waals surface area contributed by atoms with Crippen LogP contribution in [-0.2, 0) is 38.7 Å². The molecule has 0 fully saturated rings. The second kappa shape index (κ2) is 12.1. The summed E-state index contributed by atoms with van der Waals surface area (Å²) < 4.78 is 36.9. The number of hydrogen-bond donors (Lipinski definition) is 1. The van der Waals surface area contributed by atoms with Crippen LogP contribution in [0.3, 0.4) is 0 Å². The average molecular weight is 492 g/mol. The highest BCUT2D eigenvalue weighted by Crippen LogP contribution is 2.20. The first-order valence-corrected chi connectivity index (χ1v) is 13.5. The Bertz CT molecular complexity index is 1110. The molecule has 34 heavy (non-hydrogen) atoms. The van der Waals surface area contributed by atoms with Crippen LogP contribution in [0.5, 0.6) is 0 Å². The topological polar surface area (TPSA) is 117 Å². The van der Waals surface area contributed by atoms with Crippen LogP contribution in [0.1, 0.15) is 65.2 Å². The Morgan fingerprint density at radius 2 is 2.03 bits per heavy atom. The summed E-state index contributed by atoms with van der Waals surface area (Å²) >= 11 is 0. The van der Waals surface area contributed by atoms with Gasteiger partial charge < -0.3 is 14.8 Å². The van der Waals surface area contributed by atoms with Gasteiger partial charge in [-0.25, -0.2) is 13.2 Å². The van der Waals surface area contributed by atoms with Gasteiger partial charge in [0, 0.05) is 31.9 Å².